The molecule has 11 heteroatoms. The highest BCUT2D eigenvalue weighted by atomic mass is 79.9. The van der Waals surface area contributed by atoms with Crippen molar-refractivity contribution in [2.75, 3.05) is 19.8 Å². The highest BCUT2D eigenvalue weighted by Crippen LogP contribution is 2.43. The van der Waals surface area contributed by atoms with Gasteiger partial charge in [-0.05, 0) is 0 Å². The Morgan fingerprint density at radius 1 is 0.957 bits per heavy atom. The number of hydrogen-bond acceptors (Lipinski definition) is 10. The van der Waals surface area contributed by atoms with Gasteiger partial charge in [0.2, 0.25) is 0 Å². The molecule has 0 radical (unpaired) electrons. The summed E-state index contributed by atoms with van der Waals surface area (Å²) in [4.78, 5) is 0. The van der Waals surface area contributed by atoms with E-state index in [2.05, 4.69) is 15.9 Å². The molecule has 2 heterocycles. The summed E-state index contributed by atoms with van der Waals surface area (Å²) in [6, 6.07) is 0. The van der Waals surface area contributed by atoms with Crippen LogP contribution < -0.4 is 0 Å². The first-order valence-electron chi connectivity index (χ1n) is 6.95. The van der Waals surface area contributed by atoms with Crippen LogP contribution in [0, 0.1) is 0 Å². The molecule has 2 rings (SSSR count). The van der Waals surface area contributed by atoms with Gasteiger partial charge < -0.3 is 50.3 Å². The van der Waals surface area contributed by atoms with Crippen LogP contribution >= 0.6 is 15.9 Å². The van der Waals surface area contributed by atoms with E-state index in [-0.39, 0.29) is 0 Å². The molecule has 0 aromatic carbocycles. The van der Waals surface area contributed by atoms with Gasteiger partial charge in [-0.2, -0.15) is 0 Å². The number of hydrogen-bond donors (Lipinski definition) is 8. The van der Waals surface area contributed by atoms with Gasteiger partial charge in [-0.1, -0.05) is 15.9 Å². The fraction of sp³-hybridized carbons (Fsp3) is 1.00. The maximum Gasteiger partial charge on any atom is 0.155 e. The second-order valence-corrected chi connectivity index (χ2v) is 6.71. The van der Waals surface area contributed by atoms with Crippen molar-refractivity contribution in [3.8, 4) is 0 Å². The van der Waals surface area contributed by atoms with Crippen molar-refractivity contribution >= 4 is 15.9 Å². The van der Waals surface area contributed by atoms with Gasteiger partial charge in [0.25, 0.3) is 0 Å². The van der Waals surface area contributed by atoms with Crippen molar-refractivity contribution < 1.29 is 50.3 Å². The zero-order chi connectivity index (χ0) is 17.6. The zero-order valence-corrected chi connectivity index (χ0v) is 13.5. The van der Waals surface area contributed by atoms with Crippen LogP contribution in [0.5, 0.6) is 0 Å². The molecule has 2 saturated heterocycles. The van der Waals surface area contributed by atoms with Crippen LogP contribution in [0.3, 0.4) is 0 Å². The summed E-state index contributed by atoms with van der Waals surface area (Å²) in [6.07, 6.45) is -10.4. The molecule has 0 unspecified atom stereocenters. The molecule has 136 valence electrons. The lowest BCUT2D eigenvalue weighted by Crippen LogP contribution is -2.82. The summed E-state index contributed by atoms with van der Waals surface area (Å²) < 4.78 is 10.2. The Bertz CT molecular complexity index is 423. The summed E-state index contributed by atoms with van der Waals surface area (Å²) in [6.45, 7) is -2.30. The molecule has 0 aromatic rings. The molecule has 23 heavy (non-hydrogen) atoms. The van der Waals surface area contributed by atoms with Crippen LogP contribution in [-0.2, 0) is 9.47 Å². The van der Waals surface area contributed by atoms with E-state index in [9.17, 15) is 35.7 Å². The first-order chi connectivity index (χ1) is 10.6. The second kappa shape index (κ2) is 6.77. The molecule has 2 aliphatic rings. The third kappa shape index (κ3) is 2.73. The average molecular weight is 405 g/mol. The van der Waals surface area contributed by atoms with Crippen LogP contribution in [0.4, 0.5) is 0 Å². The molecular formula is C12H21BrO10. The summed E-state index contributed by atoms with van der Waals surface area (Å²) in [5, 5.41) is 79.1. The van der Waals surface area contributed by atoms with Gasteiger partial charge in [0, 0.05) is 0 Å². The molecule has 2 aliphatic heterocycles. The van der Waals surface area contributed by atoms with Crippen molar-refractivity contribution in [3.05, 3.63) is 0 Å². The molecule has 0 spiro atoms. The molecule has 0 saturated carbocycles. The molecule has 2 fully saturated rings. The highest BCUT2D eigenvalue weighted by molar-refractivity contribution is 9.09. The lowest BCUT2D eigenvalue weighted by molar-refractivity contribution is -0.361. The van der Waals surface area contributed by atoms with E-state index in [1.54, 1.807) is 0 Å². The average Bonchev–Trinajstić information content (AvgIpc) is 2.54. The normalized spacial score (nSPS) is 54.9. The molecule has 0 bridgehead atoms. The molecular weight excluding hydrogens is 384 g/mol. The predicted octanol–water partition coefficient (Wildman–Crippen LogP) is -4.60. The second-order valence-electron chi connectivity index (χ2n) is 5.81. The smallest absolute Gasteiger partial charge is 0.155 e. The minimum absolute atomic E-state index is 0.651. The number of aliphatic hydroxyl groups is 8. The van der Waals surface area contributed by atoms with Crippen molar-refractivity contribution in [2.24, 2.45) is 0 Å². The molecule has 0 amide bonds. The third-order valence-corrected chi connectivity index (χ3v) is 5.34. The van der Waals surface area contributed by atoms with Crippen LogP contribution in [0.1, 0.15) is 0 Å². The van der Waals surface area contributed by atoms with E-state index in [1.165, 1.54) is 0 Å². The Morgan fingerprint density at radius 3 is 2.09 bits per heavy atom. The standard InChI is InChI=1S/C12H21BrO10/c13-10-7(17)9(19)12(21,5(2-15)23-10)11(20)3-22-4(1-14)6(16)8(11)18/h4-10,14-21H,1-3H2/t4-,5-,6-,7-,8+,9-,10+,11-,12-/m1/s1. The number of ether oxygens (including phenoxy) is 2. The van der Waals surface area contributed by atoms with E-state index < -0.39 is 72.7 Å². The minimum Gasteiger partial charge on any atom is -0.394 e. The van der Waals surface area contributed by atoms with Gasteiger partial charge >= 0.3 is 0 Å². The van der Waals surface area contributed by atoms with E-state index in [1.807, 2.05) is 0 Å². The summed E-state index contributed by atoms with van der Waals surface area (Å²) in [5.74, 6) is 0. The lowest BCUT2D eigenvalue weighted by Gasteiger charge is -2.57. The number of alkyl halides is 1. The van der Waals surface area contributed by atoms with Crippen molar-refractivity contribution in [1.29, 1.82) is 0 Å². The molecule has 0 aromatic heterocycles. The fourth-order valence-electron chi connectivity index (χ4n) is 3.07. The van der Waals surface area contributed by atoms with Crippen molar-refractivity contribution in [1.82, 2.24) is 0 Å². The van der Waals surface area contributed by atoms with Gasteiger partial charge in [-0.25, -0.2) is 0 Å². The first kappa shape index (κ1) is 19.4. The van der Waals surface area contributed by atoms with E-state index in [0.29, 0.717) is 0 Å². The Kier molecular flexibility index (Phi) is 5.71. The topological polar surface area (TPSA) is 180 Å². The summed E-state index contributed by atoms with van der Waals surface area (Å²) >= 11 is 2.90. The van der Waals surface area contributed by atoms with Gasteiger partial charge in [0.05, 0.1) is 19.8 Å². The maximum atomic E-state index is 10.8. The lowest BCUT2D eigenvalue weighted by atomic mass is 9.67. The molecule has 0 aliphatic carbocycles. The maximum absolute atomic E-state index is 10.8. The molecule has 8 N–H and O–H groups in total. The minimum atomic E-state index is -2.76. The Morgan fingerprint density at radius 2 is 1.57 bits per heavy atom. The highest BCUT2D eigenvalue weighted by Gasteiger charge is 2.69. The SMILES string of the molecule is OC[C@H]1OC[C@](O)([C@]2(O)[C@H](O)[C@@H](O)[C@@H](Br)O[C@@H]2CO)[C@@H](O)[C@@H]1O. The summed E-state index contributed by atoms with van der Waals surface area (Å²) in [5.41, 5.74) is -5.44. The first-order valence-corrected chi connectivity index (χ1v) is 7.86. The monoisotopic (exact) mass is 404 g/mol. The predicted molar refractivity (Wildman–Crippen MR) is 75.4 cm³/mol. The van der Waals surface area contributed by atoms with Crippen molar-refractivity contribution in [2.45, 2.75) is 52.8 Å². The van der Waals surface area contributed by atoms with Gasteiger partial charge in [0.1, 0.15) is 41.6 Å². The van der Waals surface area contributed by atoms with Crippen LogP contribution in [-0.4, -0.2) is 114 Å². The fourth-order valence-corrected chi connectivity index (χ4v) is 3.62. The van der Waals surface area contributed by atoms with Crippen LogP contribution in [0.15, 0.2) is 0 Å². The van der Waals surface area contributed by atoms with E-state index >= 15 is 0 Å². The largest absolute Gasteiger partial charge is 0.394 e. The van der Waals surface area contributed by atoms with Gasteiger partial charge in [-0.3, -0.25) is 0 Å². The Balaban J connectivity index is 2.42. The van der Waals surface area contributed by atoms with E-state index in [0.717, 1.165) is 0 Å². The number of rotatable bonds is 3. The zero-order valence-electron chi connectivity index (χ0n) is 11.9. The quantitative estimate of drug-likeness (QED) is 0.213. The molecule has 9 atom stereocenters. The van der Waals surface area contributed by atoms with Gasteiger partial charge in [0.15, 0.2) is 11.2 Å². The van der Waals surface area contributed by atoms with E-state index in [4.69, 9.17) is 14.6 Å². The third-order valence-electron chi connectivity index (χ3n) is 4.58. The molecule has 10 nitrogen and oxygen atoms in total. The Labute approximate surface area is 139 Å². The van der Waals surface area contributed by atoms with Crippen molar-refractivity contribution in [3.63, 3.8) is 0 Å². The van der Waals surface area contributed by atoms with Crippen LogP contribution in [0.2, 0.25) is 0 Å². The van der Waals surface area contributed by atoms with Gasteiger partial charge in [-0.15, -0.1) is 0 Å². The Hall–Kier alpha value is 0.0800. The number of aliphatic hydroxyl groups excluding tert-OH is 6. The number of halogens is 1. The summed E-state index contributed by atoms with van der Waals surface area (Å²) in [7, 11) is 0. The van der Waals surface area contributed by atoms with Crippen LogP contribution in [0.25, 0.3) is 0 Å².